The SMILES string of the molecule is O=[As](O)(O)c1ccc(N=NC2=NC3C(=N2)N=CN=C3SCc2cccs2)cc1. The van der Waals surface area contributed by atoms with E-state index in [1.54, 1.807) is 23.1 Å². The molecular formula is C16H13AsN6O3S2. The summed E-state index contributed by atoms with van der Waals surface area (Å²) in [5.41, 5.74) is 0.440. The molecule has 1 aromatic heterocycles. The first-order chi connectivity index (χ1) is 13.5. The van der Waals surface area contributed by atoms with Gasteiger partial charge < -0.3 is 0 Å². The van der Waals surface area contributed by atoms with Gasteiger partial charge in [0.25, 0.3) is 0 Å². The second-order valence-corrected chi connectivity index (χ2v) is 11.0. The number of aliphatic imine (C=N–C) groups is 4. The number of rotatable bonds is 4. The number of amidine groups is 1. The van der Waals surface area contributed by atoms with Crippen molar-refractivity contribution in [3.8, 4) is 0 Å². The third-order valence-electron chi connectivity index (χ3n) is 3.70. The monoisotopic (exact) mass is 476 g/mol. The maximum absolute atomic E-state index is 11.3. The molecule has 142 valence electrons. The Balaban J connectivity index is 1.45. The molecule has 0 bridgehead atoms. The summed E-state index contributed by atoms with van der Waals surface area (Å²) in [7, 11) is 0. The van der Waals surface area contributed by atoms with E-state index in [0.29, 0.717) is 11.5 Å². The average Bonchev–Trinajstić information content (AvgIpc) is 3.34. The first kappa shape index (κ1) is 19.2. The number of azo groups is 1. The van der Waals surface area contributed by atoms with Gasteiger partial charge in [0.2, 0.25) is 0 Å². The van der Waals surface area contributed by atoms with Crippen molar-refractivity contribution in [3.05, 3.63) is 46.7 Å². The van der Waals surface area contributed by atoms with E-state index in [2.05, 4.69) is 36.3 Å². The molecule has 2 aromatic rings. The third-order valence-corrected chi connectivity index (χ3v) is 7.87. The van der Waals surface area contributed by atoms with Gasteiger partial charge in [-0.25, -0.2) is 0 Å². The molecular weight excluding hydrogens is 463 g/mol. The van der Waals surface area contributed by atoms with E-state index in [9.17, 15) is 11.9 Å². The normalized spacial score (nSPS) is 18.8. The Morgan fingerprint density at radius 2 is 2.00 bits per heavy atom. The average molecular weight is 476 g/mol. The van der Waals surface area contributed by atoms with Crippen LogP contribution in [-0.4, -0.2) is 51.6 Å². The summed E-state index contributed by atoms with van der Waals surface area (Å²) >= 11 is -1.62. The summed E-state index contributed by atoms with van der Waals surface area (Å²) in [6, 6.07) is 9.36. The number of thioether (sulfide) groups is 1. The van der Waals surface area contributed by atoms with Crippen molar-refractivity contribution in [1.29, 1.82) is 0 Å². The zero-order chi connectivity index (χ0) is 19.6. The van der Waals surface area contributed by atoms with E-state index >= 15 is 0 Å². The van der Waals surface area contributed by atoms with Gasteiger partial charge in [-0.2, -0.15) is 0 Å². The van der Waals surface area contributed by atoms with E-state index in [-0.39, 0.29) is 16.4 Å². The molecule has 1 unspecified atom stereocenters. The maximum atomic E-state index is 11.3. The molecule has 9 nitrogen and oxygen atoms in total. The molecule has 2 aliphatic rings. The van der Waals surface area contributed by atoms with Crippen LogP contribution in [0.1, 0.15) is 4.88 Å². The van der Waals surface area contributed by atoms with Crippen molar-refractivity contribution < 1.29 is 11.9 Å². The Morgan fingerprint density at radius 3 is 2.71 bits per heavy atom. The van der Waals surface area contributed by atoms with Gasteiger partial charge in [-0.15, -0.1) is 11.3 Å². The first-order valence-electron chi connectivity index (χ1n) is 7.99. The molecule has 3 heterocycles. The van der Waals surface area contributed by atoms with Gasteiger partial charge in [0.05, 0.1) is 0 Å². The summed E-state index contributed by atoms with van der Waals surface area (Å²) < 4.78 is 29.6. The van der Waals surface area contributed by atoms with Crippen molar-refractivity contribution in [2.75, 3.05) is 0 Å². The second kappa shape index (κ2) is 8.06. The Hall–Kier alpha value is -2.17. The Labute approximate surface area is 170 Å². The van der Waals surface area contributed by atoms with Crippen molar-refractivity contribution in [3.63, 3.8) is 0 Å². The predicted molar refractivity (Wildman–Crippen MR) is 112 cm³/mol. The molecule has 2 N–H and O–H groups in total. The summed E-state index contributed by atoms with van der Waals surface area (Å²) in [5.74, 6) is 1.51. The van der Waals surface area contributed by atoms with Gasteiger partial charge in [-0.1, -0.05) is 6.07 Å². The summed E-state index contributed by atoms with van der Waals surface area (Å²) in [6.45, 7) is 0. The van der Waals surface area contributed by atoms with Crippen LogP contribution in [0.2, 0.25) is 0 Å². The van der Waals surface area contributed by atoms with Crippen LogP contribution in [0.5, 0.6) is 0 Å². The number of thiophene rings is 1. The van der Waals surface area contributed by atoms with Crippen molar-refractivity contribution in [2.45, 2.75) is 11.8 Å². The van der Waals surface area contributed by atoms with Crippen molar-refractivity contribution in [1.82, 2.24) is 0 Å². The fraction of sp³-hybridized carbons (Fsp3) is 0.125. The Kier molecular flexibility index (Phi) is 5.51. The minimum absolute atomic E-state index is 0.0144. The van der Waals surface area contributed by atoms with E-state index in [1.807, 2.05) is 11.4 Å². The van der Waals surface area contributed by atoms with E-state index < -0.39 is 14.2 Å². The van der Waals surface area contributed by atoms with Crippen LogP contribution in [-0.2, 0) is 9.49 Å². The summed E-state index contributed by atoms with van der Waals surface area (Å²) in [4.78, 5) is 18.4. The topological polar surface area (TPSA) is 132 Å². The summed E-state index contributed by atoms with van der Waals surface area (Å²) in [5, 5.41) is 10.9. The molecule has 0 amide bonds. The van der Waals surface area contributed by atoms with Gasteiger partial charge in [-0.3, -0.25) is 0 Å². The van der Waals surface area contributed by atoms with Crippen LogP contribution in [0.4, 0.5) is 5.69 Å². The zero-order valence-corrected chi connectivity index (χ0v) is 17.7. The molecule has 0 saturated heterocycles. The molecule has 4 rings (SSSR count). The van der Waals surface area contributed by atoms with Gasteiger partial charge in [-0.05, 0) is 11.4 Å². The van der Waals surface area contributed by atoms with Gasteiger partial charge >= 0.3 is 137 Å². The summed E-state index contributed by atoms with van der Waals surface area (Å²) in [6.07, 6.45) is 1.46. The van der Waals surface area contributed by atoms with Gasteiger partial charge in [0, 0.05) is 4.88 Å². The van der Waals surface area contributed by atoms with Crippen LogP contribution in [0.25, 0.3) is 0 Å². The van der Waals surface area contributed by atoms with Crippen molar-refractivity contribution in [2.24, 2.45) is 30.2 Å². The molecule has 0 radical (unpaired) electrons. The minimum atomic E-state index is -4.90. The number of nitrogens with zero attached hydrogens (tertiary/aromatic N) is 6. The van der Waals surface area contributed by atoms with Crippen molar-refractivity contribution >= 4 is 70.5 Å². The number of benzene rings is 1. The standard InChI is InChI=1S/C16H13AsN6O3S2/c24-17(25,26)10-3-5-11(6-4-10)22-23-16-20-13-14(21-16)18-9-19-15(13)28-8-12-2-1-7-27-12/h1-7,9,13H,8H2,(H2,24,25,26). The number of hydrogen-bond acceptors (Lipinski definition) is 9. The van der Waals surface area contributed by atoms with Gasteiger partial charge in [0.15, 0.2) is 0 Å². The Bertz CT molecular complexity index is 1070. The van der Waals surface area contributed by atoms with Crippen LogP contribution in [0, 0.1) is 0 Å². The fourth-order valence-electron chi connectivity index (χ4n) is 2.37. The fourth-order valence-corrected chi connectivity index (χ4v) is 5.26. The third kappa shape index (κ3) is 4.45. The van der Waals surface area contributed by atoms with Crippen LogP contribution in [0.3, 0.4) is 0 Å². The van der Waals surface area contributed by atoms with Crippen LogP contribution in [0.15, 0.2) is 72.0 Å². The predicted octanol–water partition coefficient (Wildman–Crippen LogP) is 1.90. The second-order valence-electron chi connectivity index (χ2n) is 5.64. The number of guanidine groups is 1. The quantitative estimate of drug-likeness (QED) is 0.515. The zero-order valence-electron chi connectivity index (χ0n) is 14.2. The van der Waals surface area contributed by atoms with E-state index in [1.165, 1.54) is 35.5 Å². The molecule has 1 atom stereocenters. The Morgan fingerprint density at radius 1 is 1.18 bits per heavy atom. The molecule has 12 heteroatoms. The van der Waals surface area contributed by atoms with Crippen LogP contribution < -0.4 is 4.35 Å². The molecule has 0 saturated carbocycles. The molecule has 0 fully saturated rings. The van der Waals surface area contributed by atoms with E-state index in [0.717, 1.165) is 10.8 Å². The van der Waals surface area contributed by atoms with E-state index in [4.69, 9.17) is 0 Å². The number of fused-ring (bicyclic) bond motifs is 1. The molecule has 0 aliphatic carbocycles. The molecule has 1 aromatic carbocycles. The molecule has 0 spiro atoms. The number of hydrogen-bond donors (Lipinski definition) is 2. The van der Waals surface area contributed by atoms with Gasteiger partial charge in [0.1, 0.15) is 0 Å². The van der Waals surface area contributed by atoms with Crippen LogP contribution >= 0.6 is 23.1 Å². The first-order valence-corrected chi connectivity index (χ1v) is 13.2. The molecule has 2 aliphatic heterocycles. The molecule has 28 heavy (non-hydrogen) atoms.